The lowest BCUT2D eigenvalue weighted by Crippen LogP contribution is -2.58. The number of benzene rings is 1. The molecule has 1 aromatic carbocycles. The summed E-state index contributed by atoms with van der Waals surface area (Å²) in [6, 6.07) is 8.85. The summed E-state index contributed by atoms with van der Waals surface area (Å²) in [6.45, 7) is 22.6. The van der Waals surface area contributed by atoms with Crippen molar-refractivity contribution in [3.8, 4) is 5.75 Å². The average molecular weight is 718 g/mol. The fourth-order valence-corrected chi connectivity index (χ4v) is 9.49. The van der Waals surface area contributed by atoms with Gasteiger partial charge in [-0.3, -0.25) is 9.80 Å². The number of nitrogens with zero attached hydrogens (tertiary/aromatic N) is 3. The van der Waals surface area contributed by atoms with E-state index in [0.29, 0.717) is 24.5 Å². The molecular formula is C42H75N3O6. The molecule has 1 aromatic rings. The number of likely N-dealkylation sites (tertiary alicyclic amines) is 1. The van der Waals surface area contributed by atoms with Crippen LogP contribution in [0, 0.1) is 23.2 Å². The highest BCUT2D eigenvalue weighted by Gasteiger charge is 2.47. The van der Waals surface area contributed by atoms with E-state index in [4.69, 9.17) is 23.7 Å². The van der Waals surface area contributed by atoms with E-state index in [1.807, 2.05) is 27.3 Å². The Morgan fingerprint density at radius 2 is 1.76 bits per heavy atom. The maximum absolute atomic E-state index is 11.5. The molecule has 4 rings (SSSR count). The van der Waals surface area contributed by atoms with Gasteiger partial charge in [0.2, 0.25) is 0 Å². The van der Waals surface area contributed by atoms with E-state index in [9.17, 15) is 5.11 Å². The minimum absolute atomic E-state index is 0.00632. The summed E-state index contributed by atoms with van der Waals surface area (Å²) in [7, 11) is 7.62. The number of aliphatic hydroxyl groups is 1. The van der Waals surface area contributed by atoms with Gasteiger partial charge < -0.3 is 33.7 Å². The number of aliphatic hydroxyl groups excluding tert-OH is 1. The molecule has 0 bridgehead atoms. The van der Waals surface area contributed by atoms with Crippen LogP contribution in [0.15, 0.2) is 24.3 Å². The van der Waals surface area contributed by atoms with Crippen molar-refractivity contribution in [2.24, 2.45) is 23.2 Å². The minimum Gasteiger partial charge on any atom is -0.497 e. The van der Waals surface area contributed by atoms with Gasteiger partial charge in [0, 0.05) is 32.3 Å². The molecule has 51 heavy (non-hydrogen) atoms. The Bertz CT molecular complexity index is 1160. The summed E-state index contributed by atoms with van der Waals surface area (Å²) in [5.74, 6) is 2.14. The quantitative estimate of drug-likeness (QED) is 0.269. The lowest BCUT2D eigenvalue weighted by Gasteiger charge is -2.47. The molecule has 0 aliphatic carbocycles. The highest BCUT2D eigenvalue weighted by atomic mass is 16.7. The summed E-state index contributed by atoms with van der Waals surface area (Å²) in [6.07, 6.45) is 5.54. The zero-order chi connectivity index (χ0) is 37.3. The lowest BCUT2D eigenvalue weighted by atomic mass is 9.75. The van der Waals surface area contributed by atoms with Gasteiger partial charge in [-0.1, -0.05) is 46.8 Å². The van der Waals surface area contributed by atoms with Crippen molar-refractivity contribution in [2.45, 2.75) is 142 Å². The van der Waals surface area contributed by atoms with E-state index >= 15 is 0 Å². The summed E-state index contributed by atoms with van der Waals surface area (Å²) in [5, 5.41) is 11.5. The largest absolute Gasteiger partial charge is 0.497 e. The smallest absolute Gasteiger partial charge is 0.185 e. The number of hydrogen-bond donors (Lipinski definition) is 1. The zero-order valence-corrected chi connectivity index (χ0v) is 34.2. The number of rotatable bonds is 11. The first-order valence-corrected chi connectivity index (χ1v) is 20.0. The summed E-state index contributed by atoms with van der Waals surface area (Å²) < 4.78 is 32.0. The van der Waals surface area contributed by atoms with E-state index in [-0.39, 0.29) is 29.6 Å². The molecular weight excluding hydrogens is 642 g/mol. The summed E-state index contributed by atoms with van der Waals surface area (Å²) in [5.41, 5.74) is 0.693. The lowest BCUT2D eigenvalue weighted by molar-refractivity contribution is -0.298. The number of methoxy groups -OCH3 is 2. The van der Waals surface area contributed by atoms with E-state index in [2.05, 4.69) is 81.4 Å². The van der Waals surface area contributed by atoms with Crippen LogP contribution < -0.4 is 4.74 Å². The van der Waals surface area contributed by atoms with Gasteiger partial charge in [0.1, 0.15) is 11.9 Å². The molecule has 0 spiro atoms. The van der Waals surface area contributed by atoms with Crippen LogP contribution in [-0.2, 0) is 25.5 Å². The summed E-state index contributed by atoms with van der Waals surface area (Å²) >= 11 is 0. The first-order chi connectivity index (χ1) is 24.2. The standard InChI is InChI=1S/C42H75N3O6/c1-12-18-45-26-30(2)24-42(7,48-11)39(51-40-38(46)37(43(8)9)21-32(4)50-40)31(3)25-41(5,6)29-49-28-35(45)22-33-16-19-44(20-17-33)27-34-14-13-15-36(23-34)47-10/h13-15,23,30-33,35,37-40,46H,12,16-22,24-29H2,1-11H3/t30-,31-,32-,35-,37+,38-,39-,40+,42-/m1/s1. The number of likely N-dealkylation sites (N-methyl/N-ethyl adjacent to an activating group) is 1. The van der Waals surface area contributed by atoms with Gasteiger partial charge in [-0.05, 0) is 133 Å². The Morgan fingerprint density at radius 1 is 1.04 bits per heavy atom. The molecule has 3 saturated heterocycles. The molecule has 0 aromatic heterocycles. The van der Waals surface area contributed by atoms with Crippen LogP contribution in [0.5, 0.6) is 5.75 Å². The maximum atomic E-state index is 11.5. The second-order valence-corrected chi connectivity index (χ2v) is 17.8. The Hall–Kier alpha value is -1.30. The third-order valence-corrected chi connectivity index (χ3v) is 12.0. The van der Waals surface area contributed by atoms with Crippen molar-refractivity contribution in [2.75, 3.05) is 67.7 Å². The number of ether oxygens (including phenoxy) is 5. The van der Waals surface area contributed by atoms with Gasteiger partial charge in [0.15, 0.2) is 6.29 Å². The zero-order valence-electron chi connectivity index (χ0n) is 34.2. The molecule has 9 atom stereocenters. The normalized spacial score (nSPS) is 35.5. The third kappa shape index (κ3) is 12.1. The maximum Gasteiger partial charge on any atom is 0.185 e. The van der Waals surface area contributed by atoms with Crippen LogP contribution in [0.3, 0.4) is 0 Å². The molecule has 1 N–H and O–H groups in total. The van der Waals surface area contributed by atoms with Gasteiger partial charge in [0.25, 0.3) is 0 Å². The SMILES string of the molecule is CCCN1C[C@H](C)C[C@@](C)(OC)[C@H](O[C@@H]2O[C@H](C)C[C@H](N(C)C)[C@H]2O)[C@H](C)CC(C)(C)COC[C@H]1CC1CCN(Cc2cccc(OC)c2)CC1. The van der Waals surface area contributed by atoms with Gasteiger partial charge >= 0.3 is 0 Å². The van der Waals surface area contributed by atoms with Crippen LogP contribution in [0.1, 0.15) is 99.0 Å². The highest BCUT2D eigenvalue weighted by molar-refractivity contribution is 5.28. The predicted molar refractivity (Wildman–Crippen MR) is 206 cm³/mol. The van der Waals surface area contributed by atoms with Crippen LogP contribution in [-0.4, -0.2) is 130 Å². The Kier molecular flexibility index (Phi) is 16.1. The van der Waals surface area contributed by atoms with Crippen LogP contribution in [0.25, 0.3) is 0 Å². The highest BCUT2D eigenvalue weighted by Crippen LogP contribution is 2.40. The molecule has 0 amide bonds. The first-order valence-electron chi connectivity index (χ1n) is 20.0. The van der Waals surface area contributed by atoms with Gasteiger partial charge in [-0.2, -0.15) is 0 Å². The van der Waals surface area contributed by atoms with Crippen molar-refractivity contribution in [1.29, 1.82) is 0 Å². The number of hydrogen-bond acceptors (Lipinski definition) is 9. The fraction of sp³-hybridized carbons (Fsp3) is 0.857. The molecule has 9 nitrogen and oxygen atoms in total. The predicted octanol–water partition coefficient (Wildman–Crippen LogP) is 6.70. The van der Waals surface area contributed by atoms with Gasteiger partial charge in [-0.15, -0.1) is 0 Å². The molecule has 3 aliphatic heterocycles. The average Bonchev–Trinajstić information content (AvgIpc) is 3.08. The Morgan fingerprint density at radius 3 is 2.41 bits per heavy atom. The van der Waals surface area contributed by atoms with Crippen molar-refractivity contribution in [3.63, 3.8) is 0 Å². The van der Waals surface area contributed by atoms with E-state index in [1.165, 1.54) is 24.8 Å². The third-order valence-electron chi connectivity index (χ3n) is 12.0. The molecule has 294 valence electrons. The second kappa shape index (κ2) is 19.3. The molecule has 0 radical (unpaired) electrons. The van der Waals surface area contributed by atoms with E-state index < -0.39 is 18.0 Å². The number of piperidine rings is 1. The fourth-order valence-electron chi connectivity index (χ4n) is 9.49. The van der Waals surface area contributed by atoms with E-state index in [1.54, 1.807) is 7.11 Å². The van der Waals surface area contributed by atoms with Crippen molar-refractivity contribution in [1.82, 2.24) is 14.7 Å². The van der Waals surface area contributed by atoms with Crippen molar-refractivity contribution in [3.05, 3.63) is 29.8 Å². The Balaban J connectivity index is 1.50. The van der Waals surface area contributed by atoms with Gasteiger partial charge in [0.05, 0.1) is 38.1 Å². The first kappa shape index (κ1) is 42.4. The second-order valence-electron chi connectivity index (χ2n) is 17.8. The molecule has 0 unspecified atom stereocenters. The molecule has 0 saturated carbocycles. The monoisotopic (exact) mass is 718 g/mol. The van der Waals surface area contributed by atoms with Crippen LogP contribution in [0.2, 0.25) is 0 Å². The summed E-state index contributed by atoms with van der Waals surface area (Å²) in [4.78, 5) is 7.42. The van der Waals surface area contributed by atoms with Gasteiger partial charge in [-0.25, -0.2) is 0 Å². The van der Waals surface area contributed by atoms with Crippen molar-refractivity contribution >= 4 is 0 Å². The minimum atomic E-state index is -0.739. The van der Waals surface area contributed by atoms with Crippen LogP contribution >= 0.6 is 0 Å². The van der Waals surface area contributed by atoms with E-state index in [0.717, 1.165) is 70.8 Å². The molecule has 3 fully saturated rings. The molecule has 3 aliphatic rings. The Labute approximate surface area is 311 Å². The topological polar surface area (TPSA) is 76.1 Å². The molecule has 9 heteroatoms. The van der Waals surface area contributed by atoms with Crippen molar-refractivity contribution < 1.29 is 28.8 Å². The van der Waals surface area contributed by atoms with Crippen LogP contribution in [0.4, 0.5) is 0 Å². The molecule has 3 heterocycles.